The summed E-state index contributed by atoms with van der Waals surface area (Å²) in [5.41, 5.74) is 9.10. The number of aromatic nitrogens is 1. The number of likely N-dealkylation sites (tertiary alicyclic amines) is 1. The Morgan fingerprint density at radius 1 is 1.14 bits per heavy atom. The van der Waals surface area contributed by atoms with Crippen LogP contribution in [0.5, 0.6) is 0 Å². The third-order valence-corrected chi connectivity index (χ3v) is 6.84. The van der Waals surface area contributed by atoms with Crippen LogP contribution in [0.2, 0.25) is 0 Å². The molecule has 0 unspecified atom stereocenters. The zero-order valence-electron chi connectivity index (χ0n) is 20.8. The Morgan fingerprint density at radius 2 is 1.84 bits per heavy atom. The molecule has 3 amide bonds. The maximum Gasteiger partial charge on any atom is 0.251 e. The largest absolute Gasteiger partial charge is 0.391 e. The Bertz CT molecular complexity index is 1250. The number of amides is 3. The summed E-state index contributed by atoms with van der Waals surface area (Å²) >= 11 is 1.26. The van der Waals surface area contributed by atoms with Crippen molar-refractivity contribution in [1.29, 1.82) is 0 Å². The lowest BCUT2D eigenvalue weighted by Gasteiger charge is -2.26. The molecule has 0 aliphatic carbocycles. The van der Waals surface area contributed by atoms with Crippen LogP contribution in [-0.2, 0) is 16.0 Å². The first-order chi connectivity index (χ1) is 17.7. The molecule has 3 atom stereocenters. The fourth-order valence-corrected chi connectivity index (χ4v) is 4.99. The molecule has 1 aliphatic rings. The first kappa shape index (κ1) is 26.5. The highest BCUT2D eigenvalue weighted by Crippen LogP contribution is 2.27. The molecule has 1 aliphatic heterocycles. The zero-order chi connectivity index (χ0) is 26.5. The highest BCUT2D eigenvalue weighted by molar-refractivity contribution is 7.14. The van der Waals surface area contributed by atoms with E-state index in [0.29, 0.717) is 22.8 Å². The lowest BCUT2D eigenvalue weighted by atomic mass is 10.1. The van der Waals surface area contributed by atoms with Crippen molar-refractivity contribution >= 4 is 34.2 Å². The molecule has 194 valence electrons. The number of nitrogens with two attached hydrogens (primary N) is 1. The number of aliphatic hydroxyl groups excluding tert-OH is 1. The van der Waals surface area contributed by atoms with Gasteiger partial charge in [0.1, 0.15) is 6.04 Å². The van der Waals surface area contributed by atoms with Crippen molar-refractivity contribution in [2.24, 2.45) is 5.73 Å². The predicted octanol–water partition coefficient (Wildman–Crippen LogP) is 2.42. The minimum Gasteiger partial charge on any atom is -0.391 e. The molecule has 5 N–H and O–H groups in total. The van der Waals surface area contributed by atoms with Gasteiger partial charge in [-0.2, -0.15) is 0 Å². The van der Waals surface area contributed by atoms with E-state index in [-0.39, 0.29) is 30.8 Å². The van der Waals surface area contributed by atoms with Gasteiger partial charge in [-0.15, -0.1) is 11.3 Å². The summed E-state index contributed by atoms with van der Waals surface area (Å²) in [4.78, 5) is 44.1. The van der Waals surface area contributed by atoms with Gasteiger partial charge in [0.25, 0.3) is 5.91 Å². The first-order valence-corrected chi connectivity index (χ1v) is 13.0. The summed E-state index contributed by atoms with van der Waals surface area (Å²) in [7, 11) is 0. The Balaban J connectivity index is 1.40. The van der Waals surface area contributed by atoms with Gasteiger partial charge in [0.05, 0.1) is 17.8 Å². The normalized spacial score (nSPS) is 18.0. The topological polar surface area (TPSA) is 138 Å². The Labute approximate surface area is 219 Å². The number of benzene rings is 2. The van der Waals surface area contributed by atoms with Crippen LogP contribution in [0, 0.1) is 0 Å². The molecule has 0 saturated carbocycles. The van der Waals surface area contributed by atoms with Crippen molar-refractivity contribution < 1.29 is 19.5 Å². The van der Waals surface area contributed by atoms with Crippen LogP contribution in [0.4, 0.5) is 5.13 Å². The maximum absolute atomic E-state index is 13.1. The number of carbonyl (C=O) groups excluding carboxylic acids is 3. The lowest BCUT2D eigenvalue weighted by Crippen LogP contribution is -2.50. The van der Waals surface area contributed by atoms with Crippen molar-refractivity contribution in [3.63, 3.8) is 0 Å². The van der Waals surface area contributed by atoms with Crippen LogP contribution in [0.25, 0.3) is 11.3 Å². The second kappa shape index (κ2) is 11.6. The average Bonchev–Trinajstić information content (AvgIpc) is 3.50. The molecule has 9 nitrogen and oxygen atoms in total. The van der Waals surface area contributed by atoms with Crippen molar-refractivity contribution in [2.75, 3.05) is 11.9 Å². The number of carbonyl (C=O) groups is 3. The van der Waals surface area contributed by atoms with E-state index in [1.54, 1.807) is 29.6 Å². The summed E-state index contributed by atoms with van der Waals surface area (Å²) in [6, 6.07) is 14.9. The molecule has 2 heterocycles. The smallest absolute Gasteiger partial charge is 0.251 e. The summed E-state index contributed by atoms with van der Waals surface area (Å²) in [5.74, 6) is -0.936. The van der Waals surface area contributed by atoms with Crippen LogP contribution in [0.1, 0.15) is 36.2 Å². The highest BCUT2D eigenvalue weighted by Gasteiger charge is 2.40. The second-order valence-electron chi connectivity index (χ2n) is 9.42. The number of β-amino-alcohol motifs (C(OH)–C–C–N with tert-alkyl or cyclic N) is 1. The van der Waals surface area contributed by atoms with E-state index in [2.05, 4.69) is 15.6 Å². The average molecular weight is 522 g/mol. The molecule has 0 bridgehead atoms. The number of anilines is 1. The Kier molecular flexibility index (Phi) is 8.32. The SMILES string of the molecule is CC(C)NC(=O)c1ccc(-c2csc(NC(=O)[C@@H]3C[C@H](O)CN3C(=O)[C@H](N)Cc3ccccc3)n2)cc1. The van der Waals surface area contributed by atoms with Gasteiger partial charge >= 0.3 is 0 Å². The van der Waals surface area contributed by atoms with Gasteiger partial charge in [0.2, 0.25) is 11.8 Å². The standard InChI is InChI=1S/C27H31N5O4S/c1-16(2)29-24(34)19-10-8-18(9-11-19)22-15-37-27(30-22)31-25(35)23-13-20(33)14-32(23)26(36)21(28)12-17-6-4-3-5-7-17/h3-11,15-16,20-21,23,33H,12-14,28H2,1-2H3,(H,29,34)(H,30,31,35)/t20-,21+,23-/m0/s1. The monoisotopic (exact) mass is 521 g/mol. The first-order valence-electron chi connectivity index (χ1n) is 12.2. The summed E-state index contributed by atoms with van der Waals surface area (Å²) in [6.07, 6.45) is -0.329. The van der Waals surface area contributed by atoms with Crippen LogP contribution >= 0.6 is 11.3 Å². The molecular weight excluding hydrogens is 490 g/mol. The number of hydrogen-bond donors (Lipinski definition) is 4. The van der Waals surface area contributed by atoms with Gasteiger partial charge in [0.15, 0.2) is 5.13 Å². The van der Waals surface area contributed by atoms with Crippen LogP contribution in [0.3, 0.4) is 0 Å². The van der Waals surface area contributed by atoms with Crippen molar-refractivity contribution in [3.05, 3.63) is 71.1 Å². The van der Waals surface area contributed by atoms with Crippen LogP contribution in [-0.4, -0.2) is 63.5 Å². The number of rotatable bonds is 8. The number of hydrogen-bond acceptors (Lipinski definition) is 7. The number of nitrogens with zero attached hydrogens (tertiary/aromatic N) is 2. The molecule has 0 radical (unpaired) electrons. The van der Waals surface area contributed by atoms with Gasteiger partial charge in [-0.3, -0.25) is 14.4 Å². The molecule has 1 aromatic heterocycles. The summed E-state index contributed by atoms with van der Waals surface area (Å²) in [6.45, 7) is 3.86. The quantitative estimate of drug-likeness (QED) is 0.359. The van der Waals surface area contributed by atoms with Crippen LogP contribution < -0.4 is 16.4 Å². The van der Waals surface area contributed by atoms with E-state index >= 15 is 0 Å². The van der Waals surface area contributed by atoms with E-state index in [1.165, 1.54) is 16.2 Å². The minimum absolute atomic E-state index is 0.0451. The molecule has 4 rings (SSSR count). The van der Waals surface area contributed by atoms with E-state index in [9.17, 15) is 19.5 Å². The third kappa shape index (κ3) is 6.59. The lowest BCUT2D eigenvalue weighted by molar-refractivity contribution is -0.137. The number of nitrogens with one attached hydrogen (secondary N) is 2. The van der Waals surface area contributed by atoms with Gasteiger partial charge in [-0.25, -0.2) is 4.98 Å². The molecular formula is C27H31N5O4S. The minimum atomic E-state index is -0.838. The van der Waals surface area contributed by atoms with E-state index in [1.807, 2.05) is 44.2 Å². The molecule has 2 aromatic carbocycles. The Hall–Kier alpha value is -3.60. The van der Waals surface area contributed by atoms with Crippen LogP contribution in [0.15, 0.2) is 60.0 Å². The number of thiazole rings is 1. The van der Waals surface area contributed by atoms with Gasteiger partial charge < -0.3 is 26.4 Å². The molecule has 0 spiro atoms. The van der Waals surface area contributed by atoms with E-state index in [0.717, 1.165) is 11.1 Å². The predicted molar refractivity (Wildman–Crippen MR) is 143 cm³/mol. The van der Waals surface area contributed by atoms with Crippen molar-refractivity contribution in [2.45, 2.75) is 50.9 Å². The second-order valence-corrected chi connectivity index (χ2v) is 10.3. The van der Waals surface area contributed by atoms with E-state index < -0.39 is 24.1 Å². The third-order valence-electron chi connectivity index (χ3n) is 6.08. The fraction of sp³-hybridized carbons (Fsp3) is 0.333. The van der Waals surface area contributed by atoms with E-state index in [4.69, 9.17) is 5.73 Å². The summed E-state index contributed by atoms with van der Waals surface area (Å²) < 4.78 is 0. The fourth-order valence-electron chi connectivity index (χ4n) is 4.26. The molecule has 3 aromatic rings. The van der Waals surface area contributed by atoms with Gasteiger partial charge in [-0.1, -0.05) is 42.5 Å². The Morgan fingerprint density at radius 3 is 2.51 bits per heavy atom. The van der Waals surface area contributed by atoms with Gasteiger partial charge in [0, 0.05) is 35.5 Å². The van der Waals surface area contributed by atoms with Gasteiger partial charge in [-0.05, 0) is 38.0 Å². The highest BCUT2D eigenvalue weighted by atomic mass is 32.1. The summed E-state index contributed by atoms with van der Waals surface area (Å²) in [5, 5.41) is 18.0. The molecule has 37 heavy (non-hydrogen) atoms. The number of aliphatic hydroxyl groups is 1. The zero-order valence-corrected chi connectivity index (χ0v) is 21.6. The molecule has 1 saturated heterocycles. The van der Waals surface area contributed by atoms with Crippen molar-refractivity contribution in [3.8, 4) is 11.3 Å². The maximum atomic E-state index is 13.1. The van der Waals surface area contributed by atoms with Crippen molar-refractivity contribution in [1.82, 2.24) is 15.2 Å². The molecule has 1 fully saturated rings. The molecule has 10 heteroatoms.